The Morgan fingerprint density at radius 3 is 2.38 bits per heavy atom. The molecule has 0 aromatic heterocycles. The van der Waals surface area contributed by atoms with E-state index in [-0.39, 0.29) is 6.54 Å². The van der Waals surface area contributed by atoms with Crippen LogP contribution in [-0.2, 0) is 6.54 Å². The minimum atomic E-state index is -2.26. The summed E-state index contributed by atoms with van der Waals surface area (Å²) in [7, 11) is 1.69. The van der Waals surface area contributed by atoms with Crippen LogP contribution in [0.25, 0.3) is 0 Å². The molecule has 0 saturated carbocycles. The smallest absolute Gasteiger partial charge is 0.251 e. The van der Waals surface area contributed by atoms with Crippen LogP contribution in [0.4, 0.5) is 8.78 Å². The second kappa shape index (κ2) is 4.92. The first-order chi connectivity index (χ1) is 6.18. The molecule has 0 spiro atoms. The van der Waals surface area contributed by atoms with Gasteiger partial charge in [0.25, 0.3) is 6.43 Å². The number of hydrogen-bond acceptors (Lipinski definition) is 1. The van der Waals surface area contributed by atoms with Crippen LogP contribution in [0.3, 0.4) is 0 Å². The van der Waals surface area contributed by atoms with Gasteiger partial charge < -0.3 is 0 Å². The van der Waals surface area contributed by atoms with Gasteiger partial charge in [0.05, 0.1) is 6.54 Å². The highest BCUT2D eigenvalue weighted by Gasteiger charge is 2.07. The van der Waals surface area contributed by atoms with Crippen LogP contribution in [0, 0.1) is 0 Å². The predicted molar refractivity (Wildman–Crippen MR) is 48.8 cm³/mol. The molecule has 0 N–H and O–H groups in total. The van der Waals surface area contributed by atoms with E-state index < -0.39 is 6.43 Å². The molecule has 13 heavy (non-hydrogen) atoms. The quantitative estimate of drug-likeness (QED) is 0.696. The molecule has 1 aromatic carbocycles. The first-order valence-corrected chi connectivity index (χ1v) is 4.19. The third-order valence-electron chi connectivity index (χ3n) is 1.75. The average Bonchev–Trinajstić information content (AvgIpc) is 2.04. The Morgan fingerprint density at radius 1 is 1.23 bits per heavy atom. The number of hydrogen-bond donors (Lipinski definition) is 0. The molecule has 0 radical (unpaired) electrons. The Kier molecular flexibility index (Phi) is 3.83. The Hall–Kier alpha value is -0.960. The molecular formula is C10H13F2N. The fourth-order valence-corrected chi connectivity index (χ4v) is 1.20. The molecule has 3 heteroatoms. The topological polar surface area (TPSA) is 3.24 Å². The normalized spacial score (nSPS) is 11.2. The van der Waals surface area contributed by atoms with Gasteiger partial charge in [0, 0.05) is 6.54 Å². The van der Waals surface area contributed by atoms with Crippen molar-refractivity contribution in [3.05, 3.63) is 35.9 Å². The van der Waals surface area contributed by atoms with E-state index in [2.05, 4.69) is 0 Å². The maximum absolute atomic E-state index is 11.9. The SMILES string of the molecule is CN(Cc1ccccc1)CC(F)F. The number of halogens is 2. The first-order valence-electron chi connectivity index (χ1n) is 4.19. The second-order valence-electron chi connectivity index (χ2n) is 3.07. The highest BCUT2D eigenvalue weighted by molar-refractivity contribution is 5.14. The zero-order valence-corrected chi connectivity index (χ0v) is 7.58. The first kappa shape index (κ1) is 10.1. The highest BCUT2D eigenvalue weighted by atomic mass is 19.3. The van der Waals surface area contributed by atoms with Crippen molar-refractivity contribution in [3.8, 4) is 0 Å². The number of alkyl halides is 2. The predicted octanol–water partition coefficient (Wildman–Crippen LogP) is 2.38. The molecule has 0 atom stereocenters. The zero-order valence-electron chi connectivity index (χ0n) is 7.58. The lowest BCUT2D eigenvalue weighted by atomic mass is 10.2. The number of rotatable bonds is 4. The summed E-state index contributed by atoms with van der Waals surface area (Å²) in [6, 6.07) is 9.59. The lowest BCUT2D eigenvalue weighted by Crippen LogP contribution is -2.23. The number of nitrogens with zero attached hydrogens (tertiary/aromatic N) is 1. The minimum Gasteiger partial charge on any atom is -0.297 e. The van der Waals surface area contributed by atoms with E-state index in [1.807, 2.05) is 30.3 Å². The van der Waals surface area contributed by atoms with Gasteiger partial charge in [-0.1, -0.05) is 30.3 Å². The van der Waals surface area contributed by atoms with Gasteiger partial charge in [-0.25, -0.2) is 8.78 Å². The lowest BCUT2D eigenvalue weighted by molar-refractivity contribution is 0.0975. The molecule has 0 aliphatic rings. The molecule has 0 saturated heterocycles. The van der Waals surface area contributed by atoms with Crippen molar-refractivity contribution in [2.75, 3.05) is 13.6 Å². The second-order valence-corrected chi connectivity index (χ2v) is 3.07. The molecule has 0 bridgehead atoms. The van der Waals surface area contributed by atoms with Gasteiger partial charge in [-0.05, 0) is 12.6 Å². The molecule has 0 fully saturated rings. The van der Waals surface area contributed by atoms with E-state index in [0.29, 0.717) is 6.54 Å². The van der Waals surface area contributed by atoms with Gasteiger partial charge in [0.2, 0.25) is 0 Å². The number of benzene rings is 1. The van der Waals surface area contributed by atoms with Gasteiger partial charge in [-0.2, -0.15) is 0 Å². The van der Waals surface area contributed by atoms with Crippen molar-refractivity contribution in [1.29, 1.82) is 0 Å². The van der Waals surface area contributed by atoms with E-state index in [9.17, 15) is 8.78 Å². The van der Waals surface area contributed by atoms with Crippen LogP contribution in [-0.4, -0.2) is 24.9 Å². The van der Waals surface area contributed by atoms with Crippen LogP contribution in [0.5, 0.6) is 0 Å². The summed E-state index contributed by atoms with van der Waals surface area (Å²) in [6.07, 6.45) is -2.26. The summed E-state index contributed by atoms with van der Waals surface area (Å²) in [5, 5.41) is 0. The minimum absolute atomic E-state index is 0.172. The maximum Gasteiger partial charge on any atom is 0.251 e. The molecule has 1 rings (SSSR count). The van der Waals surface area contributed by atoms with Crippen LogP contribution in [0.1, 0.15) is 5.56 Å². The molecule has 0 unspecified atom stereocenters. The van der Waals surface area contributed by atoms with Crippen molar-refractivity contribution in [2.24, 2.45) is 0 Å². The Bertz CT molecular complexity index is 236. The van der Waals surface area contributed by atoms with E-state index in [0.717, 1.165) is 5.56 Å². The monoisotopic (exact) mass is 185 g/mol. The summed E-state index contributed by atoms with van der Waals surface area (Å²) >= 11 is 0. The van der Waals surface area contributed by atoms with Crippen LogP contribution in [0.2, 0.25) is 0 Å². The summed E-state index contributed by atoms with van der Waals surface area (Å²) < 4.78 is 23.9. The Morgan fingerprint density at radius 2 is 1.85 bits per heavy atom. The van der Waals surface area contributed by atoms with E-state index >= 15 is 0 Å². The molecule has 1 aromatic rings. The van der Waals surface area contributed by atoms with Gasteiger partial charge >= 0.3 is 0 Å². The van der Waals surface area contributed by atoms with E-state index in [1.165, 1.54) is 0 Å². The van der Waals surface area contributed by atoms with Crippen LogP contribution < -0.4 is 0 Å². The van der Waals surface area contributed by atoms with Crippen molar-refractivity contribution in [3.63, 3.8) is 0 Å². The van der Waals surface area contributed by atoms with Crippen molar-refractivity contribution < 1.29 is 8.78 Å². The van der Waals surface area contributed by atoms with Crippen molar-refractivity contribution in [1.82, 2.24) is 4.90 Å². The molecule has 72 valence electrons. The van der Waals surface area contributed by atoms with Crippen LogP contribution in [0.15, 0.2) is 30.3 Å². The fourth-order valence-electron chi connectivity index (χ4n) is 1.20. The summed E-state index contributed by atoms with van der Waals surface area (Å²) in [4.78, 5) is 1.61. The maximum atomic E-state index is 11.9. The van der Waals surface area contributed by atoms with Gasteiger partial charge in [0.15, 0.2) is 0 Å². The average molecular weight is 185 g/mol. The van der Waals surface area contributed by atoms with E-state index in [1.54, 1.807) is 11.9 Å². The third kappa shape index (κ3) is 3.99. The van der Waals surface area contributed by atoms with Gasteiger partial charge in [0.1, 0.15) is 0 Å². The summed E-state index contributed by atoms with van der Waals surface area (Å²) in [5.74, 6) is 0. The molecule has 1 nitrogen and oxygen atoms in total. The van der Waals surface area contributed by atoms with Crippen molar-refractivity contribution >= 4 is 0 Å². The lowest BCUT2D eigenvalue weighted by Gasteiger charge is -2.15. The van der Waals surface area contributed by atoms with Crippen molar-refractivity contribution in [2.45, 2.75) is 13.0 Å². The molecule has 0 aliphatic heterocycles. The third-order valence-corrected chi connectivity index (χ3v) is 1.75. The summed E-state index contributed by atoms with van der Waals surface area (Å²) in [6.45, 7) is 0.403. The summed E-state index contributed by atoms with van der Waals surface area (Å²) in [5.41, 5.74) is 1.06. The largest absolute Gasteiger partial charge is 0.297 e. The fraction of sp³-hybridized carbons (Fsp3) is 0.400. The van der Waals surface area contributed by atoms with E-state index in [4.69, 9.17) is 0 Å². The zero-order chi connectivity index (χ0) is 9.68. The molecule has 0 amide bonds. The molecular weight excluding hydrogens is 172 g/mol. The molecule has 0 aliphatic carbocycles. The van der Waals surface area contributed by atoms with Gasteiger partial charge in [-0.3, -0.25) is 4.90 Å². The van der Waals surface area contributed by atoms with Crippen LogP contribution >= 0.6 is 0 Å². The Balaban J connectivity index is 2.41. The molecule has 0 heterocycles. The highest BCUT2D eigenvalue weighted by Crippen LogP contribution is 2.04. The standard InChI is InChI=1S/C10H13F2N/c1-13(8-10(11)12)7-9-5-3-2-4-6-9/h2-6,10H,7-8H2,1H3. The van der Waals surface area contributed by atoms with Gasteiger partial charge in [-0.15, -0.1) is 0 Å². The Labute approximate surface area is 77.0 Å².